The third-order valence-corrected chi connectivity index (χ3v) is 4.94. The van der Waals surface area contributed by atoms with Crippen molar-refractivity contribution in [3.05, 3.63) is 0 Å². The van der Waals surface area contributed by atoms with Gasteiger partial charge in [0, 0.05) is 12.8 Å². The van der Waals surface area contributed by atoms with Crippen LogP contribution in [0.15, 0.2) is 0 Å². The van der Waals surface area contributed by atoms with Crippen LogP contribution in [0.5, 0.6) is 0 Å². The highest BCUT2D eigenvalue weighted by atomic mass is 32.2. The van der Waals surface area contributed by atoms with Crippen LogP contribution in [0.1, 0.15) is 34.1 Å². The van der Waals surface area contributed by atoms with Gasteiger partial charge in [-0.05, 0) is 40.7 Å². The standard InChI is InChI=1S/C11H22N2O2S/c1-10(2,8-12)6-7-13-9-11(3,4)16(5,14)15/h13H,6-7,9H2,1-5H3. The van der Waals surface area contributed by atoms with Gasteiger partial charge in [-0.15, -0.1) is 0 Å². The lowest BCUT2D eigenvalue weighted by molar-refractivity contribution is 0.423. The van der Waals surface area contributed by atoms with Crippen LogP contribution in [0, 0.1) is 16.7 Å². The van der Waals surface area contributed by atoms with Gasteiger partial charge in [-0.25, -0.2) is 8.42 Å². The van der Waals surface area contributed by atoms with E-state index in [0.29, 0.717) is 19.5 Å². The lowest BCUT2D eigenvalue weighted by Gasteiger charge is -2.24. The lowest BCUT2D eigenvalue weighted by Crippen LogP contribution is -2.42. The second-order valence-electron chi connectivity index (χ2n) is 5.45. The molecule has 4 nitrogen and oxygen atoms in total. The Labute approximate surface area is 99.0 Å². The van der Waals surface area contributed by atoms with Gasteiger partial charge in [0.2, 0.25) is 0 Å². The van der Waals surface area contributed by atoms with Crippen molar-refractivity contribution in [2.24, 2.45) is 5.41 Å². The lowest BCUT2D eigenvalue weighted by atomic mass is 9.91. The molecule has 0 atom stereocenters. The highest BCUT2D eigenvalue weighted by molar-refractivity contribution is 7.92. The van der Waals surface area contributed by atoms with Crippen molar-refractivity contribution < 1.29 is 8.42 Å². The number of nitriles is 1. The first kappa shape index (κ1) is 15.4. The van der Waals surface area contributed by atoms with Crippen LogP contribution in [0.3, 0.4) is 0 Å². The smallest absolute Gasteiger partial charge is 0.153 e. The molecule has 16 heavy (non-hydrogen) atoms. The fourth-order valence-corrected chi connectivity index (χ4v) is 1.34. The summed E-state index contributed by atoms with van der Waals surface area (Å²) in [5.74, 6) is 0. The molecule has 0 unspecified atom stereocenters. The third-order valence-electron chi connectivity index (χ3n) is 2.78. The summed E-state index contributed by atoms with van der Waals surface area (Å²) in [5, 5.41) is 11.9. The first-order chi connectivity index (χ1) is 7.02. The molecular weight excluding hydrogens is 224 g/mol. The molecule has 0 aromatic heterocycles. The second-order valence-corrected chi connectivity index (χ2v) is 8.10. The molecular formula is C11H22N2O2S. The van der Waals surface area contributed by atoms with Crippen molar-refractivity contribution in [2.45, 2.75) is 38.9 Å². The van der Waals surface area contributed by atoms with E-state index in [0.717, 1.165) is 0 Å². The van der Waals surface area contributed by atoms with Crippen molar-refractivity contribution in [3.63, 3.8) is 0 Å². The summed E-state index contributed by atoms with van der Waals surface area (Å²) in [4.78, 5) is 0. The molecule has 0 bridgehead atoms. The predicted octanol–water partition coefficient (Wildman–Crippen LogP) is 1.34. The molecule has 0 saturated heterocycles. The molecule has 0 rings (SSSR count). The minimum atomic E-state index is -3.05. The average molecular weight is 246 g/mol. The first-order valence-corrected chi connectivity index (χ1v) is 7.22. The highest BCUT2D eigenvalue weighted by Crippen LogP contribution is 2.18. The summed E-state index contributed by atoms with van der Waals surface area (Å²) in [6.07, 6.45) is 1.96. The largest absolute Gasteiger partial charge is 0.315 e. The van der Waals surface area contributed by atoms with Gasteiger partial charge in [-0.1, -0.05) is 0 Å². The van der Waals surface area contributed by atoms with E-state index in [9.17, 15) is 8.42 Å². The first-order valence-electron chi connectivity index (χ1n) is 5.33. The van der Waals surface area contributed by atoms with Crippen LogP contribution >= 0.6 is 0 Å². The molecule has 0 aliphatic heterocycles. The minimum absolute atomic E-state index is 0.359. The molecule has 0 fully saturated rings. The third kappa shape index (κ3) is 4.95. The average Bonchev–Trinajstić information content (AvgIpc) is 2.11. The number of sulfone groups is 1. The molecule has 1 N–H and O–H groups in total. The van der Waals surface area contributed by atoms with Gasteiger partial charge in [-0.2, -0.15) is 5.26 Å². The molecule has 0 aliphatic carbocycles. The fourth-order valence-electron chi connectivity index (χ4n) is 0.977. The molecule has 0 amide bonds. The van der Waals surface area contributed by atoms with Crippen LogP contribution in [0.4, 0.5) is 0 Å². The van der Waals surface area contributed by atoms with Crippen LogP contribution in [0.25, 0.3) is 0 Å². The van der Waals surface area contributed by atoms with Crippen molar-refractivity contribution in [2.75, 3.05) is 19.3 Å². The zero-order valence-electron chi connectivity index (χ0n) is 10.8. The summed E-state index contributed by atoms with van der Waals surface area (Å²) in [6, 6.07) is 2.21. The molecule has 0 aliphatic rings. The maximum atomic E-state index is 11.4. The zero-order chi connectivity index (χ0) is 13.0. The number of hydrogen-bond donors (Lipinski definition) is 1. The maximum absolute atomic E-state index is 11.4. The van der Waals surface area contributed by atoms with Crippen LogP contribution in [-0.4, -0.2) is 32.5 Å². The van der Waals surface area contributed by atoms with E-state index < -0.39 is 14.6 Å². The van der Waals surface area contributed by atoms with Gasteiger partial charge in [0.15, 0.2) is 9.84 Å². The normalized spacial score (nSPS) is 13.5. The summed E-state index contributed by atoms with van der Waals surface area (Å²) in [7, 11) is -3.05. The van der Waals surface area contributed by atoms with Gasteiger partial charge in [0.05, 0.1) is 16.2 Å². The Morgan fingerprint density at radius 1 is 1.25 bits per heavy atom. The predicted molar refractivity (Wildman–Crippen MR) is 65.8 cm³/mol. The molecule has 0 aromatic rings. The van der Waals surface area contributed by atoms with Gasteiger partial charge < -0.3 is 5.32 Å². The summed E-state index contributed by atoms with van der Waals surface area (Å²) in [6.45, 7) is 8.20. The number of rotatable bonds is 6. The minimum Gasteiger partial charge on any atom is -0.315 e. The molecule has 0 radical (unpaired) electrons. The highest BCUT2D eigenvalue weighted by Gasteiger charge is 2.29. The van der Waals surface area contributed by atoms with E-state index in [4.69, 9.17) is 5.26 Å². The molecule has 0 spiro atoms. The Hall–Kier alpha value is -0.600. The summed E-state index contributed by atoms with van der Waals surface area (Å²) >= 11 is 0. The van der Waals surface area contributed by atoms with E-state index in [-0.39, 0.29) is 5.41 Å². The van der Waals surface area contributed by atoms with Crippen molar-refractivity contribution in [1.82, 2.24) is 5.32 Å². The van der Waals surface area contributed by atoms with E-state index in [2.05, 4.69) is 11.4 Å². The van der Waals surface area contributed by atoms with Gasteiger partial charge in [0.1, 0.15) is 0 Å². The molecule has 94 valence electrons. The Kier molecular flexibility index (Phi) is 4.96. The SMILES string of the molecule is CC(C)(C#N)CCNCC(C)(C)S(C)(=O)=O. The van der Waals surface area contributed by atoms with Crippen LogP contribution in [0.2, 0.25) is 0 Å². The Morgan fingerprint density at radius 3 is 2.12 bits per heavy atom. The Balaban J connectivity index is 4.08. The maximum Gasteiger partial charge on any atom is 0.153 e. The second kappa shape index (κ2) is 5.15. The van der Waals surface area contributed by atoms with Gasteiger partial charge in [0.25, 0.3) is 0 Å². The molecule has 0 saturated carbocycles. The monoisotopic (exact) mass is 246 g/mol. The summed E-state index contributed by atoms with van der Waals surface area (Å²) in [5.41, 5.74) is -0.359. The van der Waals surface area contributed by atoms with E-state index in [1.807, 2.05) is 13.8 Å². The molecule has 0 heterocycles. The van der Waals surface area contributed by atoms with Crippen LogP contribution < -0.4 is 5.32 Å². The number of nitrogens with zero attached hydrogens (tertiary/aromatic N) is 1. The molecule has 0 aromatic carbocycles. The quantitative estimate of drug-likeness (QED) is 0.718. The van der Waals surface area contributed by atoms with Crippen LogP contribution in [-0.2, 0) is 9.84 Å². The zero-order valence-corrected chi connectivity index (χ0v) is 11.6. The Morgan fingerprint density at radius 2 is 1.75 bits per heavy atom. The number of nitrogens with one attached hydrogen (secondary N) is 1. The van der Waals surface area contributed by atoms with Crippen molar-refractivity contribution >= 4 is 9.84 Å². The van der Waals surface area contributed by atoms with E-state index >= 15 is 0 Å². The number of hydrogen-bond acceptors (Lipinski definition) is 4. The molecule has 5 heteroatoms. The topological polar surface area (TPSA) is 70.0 Å². The fraction of sp³-hybridized carbons (Fsp3) is 0.909. The van der Waals surface area contributed by atoms with Crippen molar-refractivity contribution in [3.8, 4) is 6.07 Å². The van der Waals surface area contributed by atoms with E-state index in [1.54, 1.807) is 13.8 Å². The van der Waals surface area contributed by atoms with Gasteiger partial charge in [-0.3, -0.25) is 0 Å². The van der Waals surface area contributed by atoms with Crippen molar-refractivity contribution in [1.29, 1.82) is 5.26 Å². The summed E-state index contributed by atoms with van der Waals surface area (Å²) < 4.78 is 22.1. The van der Waals surface area contributed by atoms with E-state index in [1.165, 1.54) is 6.26 Å². The van der Waals surface area contributed by atoms with Gasteiger partial charge >= 0.3 is 0 Å². The Bertz CT molecular complexity index is 364.